The number of carbonyl (C=O) groups excluding carboxylic acids is 1. The Morgan fingerprint density at radius 1 is 1.19 bits per heavy atom. The molecule has 1 N–H and O–H groups in total. The lowest BCUT2D eigenvalue weighted by Gasteiger charge is -2.33. The van der Waals surface area contributed by atoms with Gasteiger partial charge in [-0.25, -0.2) is 15.0 Å². The Kier molecular flexibility index (Phi) is 4.06. The summed E-state index contributed by atoms with van der Waals surface area (Å²) in [4.78, 5) is 27.7. The van der Waals surface area contributed by atoms with Crippen LogP contribution in [0.1, 0.15) is 29.2 Å². The van der Waals surface area contributed by atoms with Crippen molar-refractivity contribution >= 4 is 22.8 Å². The van der Waals surface area contributed by atoms with Crippen molar-refractivity contribution in [3.05, 3.63) is 30.2 Å². The van der Waals surface area contributed by atoms with Gasteiger partial charge in [-0.05, 0) is 19.8 Å². The van der Waals surface area contributed by atoms with Gasteiger partial charge in [0.2, 0.25) is 0 Å². The Bertz CT molecular complexity index is 951. The van der Waals surface area contributed by atoms with E-state index in [4.69, 9.17) is 0 Å². The third-order valence-electron chi connectivity index (χ3n) is 4.86. The highest BCUT2D eigenvalue weighted by Gasteiger charge is 2.25. The van der Waals surface area contributed by atoms with E-state index < -0.39 is 0 Å². The number of piperidine rings is 1. The first-order valence-electron chi connectivity index (χ1n) is 8.71. The summed E-state index contributed by atoms with van der Waals surface area (Å²) in [5.41, 5.74) is 1.43. The molecule has 26 heavy (non-hydrogen) atoms. The zero-order valence-corrected chi connectivity index (χ0v) is 15.2. The molecule has 0 saturated carbocycles. The van der Waals surface area contributed by atoms with E-state index in [9.17, 15) is 4.79 Å². The molecule has 0 unspecified atom stereocenters. The number of nitrogens with one attached hydrogen (secondary N) is 1. The second-order valence-electron chi connectivity index (χ2n) is 6.72. The van der Waals surface area contributed by atoms with E-state index in [0.29, 0.717) is 5.69 Å². The maximum Gasteiger partial charge on any atom is 0.269 e. The first kappa shape index (κ1) is 16.5. The highest BCUT2D eigenvalue weighted by atomic mass is 16.2. The molecule has 1 aliphatic rings. The normalized spacial score (nSPS) is 15.6. The number of fused-ring (bicyclic) bond motifs is 1. The summed E-state index contributed by atoms with van der Waals surface area (Å²) < 4.78 is 3.50. The SMILES string of the molecule is Cc1nc(N2CCC(NC(=O)c3cncn3C)CC2)c2cnn(C)c2n1. The van der Waals surface area contributed by atoms with Gasteiger partial charge in [-0.2, -0.15) is 5.10 Å². The van der Waals surface area contributed by atoms with Crippen molar-refractivity contribution in [1.82, 2.24) is 34.6 Å². The summed E-state index contributed by atoms with van der Waals surface area (Å²) >= 11 is 0. The number of imidazole rings is 1. The van der Waals surface area contributed by atoms with Crippen molar-refractivity contribution < 1.29 is 4.79 Å². The number of nitrogens with zero attached hydrogens (tertiary/aromatic N) is 7. The number of rotatable bonds is 3. The molecule has 4 rings (SSSR count). The van der Waals surface area contributed by atoms with E-state index in [-0.39, 0.29) is 11.9 Å². The summed E-state index contributed by atoms with van der Waals surface area (Å²) in [7, 11) is 3.71. The Balaban J connectivity index is 1.46. The molecule has 0 spiro atoms. The van der Waals surface area contributed by atoms with Gasteiger partial charge < -0.3 is 14.8 Å². The number of hydrogen-bond donors (Lipinski definition) is 1. The van der Waals surface area contributed by atoms with Crippen LogP contribution < -0.4 is 10.2 Å². The van der Waals surface area contributed by atoms with Gasteiger partial charge in [-0.1, -0.05) is 0 Å². The zero-order chi connectivity index (χ0) is 18.3. The molecule has 4 heterocycles. The standard InChI is InChI=1S/C17H22N8O/c1-11-20-15-13(8-19-24(15)3)16(21-11)25-6-4-12(5-7-25)22-17(26)14-9-18-10-23(14)2/h8-10,12H,4-7H2,1-3H3,(H,22,26). The van der Waals surface area contributed by atoms with E-state index in [0.717, 1.165) is 48.6 Å². The van der Waals surface area contributed by atoms with Crippen LogP contribution in [0.25, 0.3) is 11.0 Å². The van der Waals surface area contributed by atoms with Crippen LogP contribution in [-0.2, 0) is 14.1 Å². The molecule has 1 aliphatic heterocycles. The molecule has 1 fully saturated rings. The van der Waals surface area contributed by atoms with Gasteiger partial charge in [0.05, 0.1) is 24.1 Å². The van der Waals surface area contributed by atoms with E-state index in [1.807, 2.05) is 27.2 Å². The van der Waals surface area contributed by atoms with Crippen molar-refractivity contribution in [2.45, 2.75) is 25.8 Å². The lowest BCUT2D eigenvalue weighted by atomic mass is 10.0. The first-order valence-corrected chi connectivity index (χ1v) is 8.71. The Morgan fingerprint density at radius 3 is 2.65 bits per heavy atom. The number of aromatic nitrogens is 6. The van der Waals surface area contributed by atoms with Crippen LogP contribution in [-0.4, -0.2) is 54.3 Å². The van der Waals surface area contributed by atoms with Crippen molar-refractivity contribution in [2.75, 3.05) is 18.0 Å². The maximum absolute atomic E-state index is 12.4. The Labute approximate surface area is 151 Å². The minimum Gasteiger partial charge on any atom is -0.356 e. The van der Waals surface area contributed by atoms with Gasteiger partial charge >= 0.3 is 0 Å². The molecule has 0 aliphatic carbocycles. The summed E-state index contributed by atoms with van der Waals surface area (Å²) in [6.07, 6.45) is 6.78. The second-order valence-corrected chi connectivity index (χ2v) is 6.72. The summed E-state index contributed by atoms with van der Waals surface area (Å²) in [6, 6.07) is 0.154. The monoisotopic (exact) mass is 354 g/mol. The Hall–Kier alpha value is -2.97. The van der Waals surface area contributed by atoms with Crippen LogP contribution in [0.5, 0.6) is 0 Å². The maximum atomic E-state index is 12.4. The largest absolute Gasteiger partial charge is 0.356 e. The van der Waals surface area contributed by atoms with Gasteiger partial charge in [0, 0.05) is 33.2 Å². The van der Waals surface area contributed by atoms with Crippen LogP contribution in [0, 0.1) is 6.92 Å². The average Bonchev–Trinajstić information content (AvgIpc) is 3.21. The molecule has 9 heteroatoms. The fraction of sp³-hybridized carbons (Fsp3) is 0.471. The summed E-state index contributed by atoms with van der Waals surface area (Å²) in [5, 5.41) is 8.38. The van der Waals surface area contributed by atoms with Crippen LogP contribution in [0.3, 0.4) is 0 Å². The minimum atomic E-state index is -0.0732. The smallest absolute Gasteiger partial charge is 0.269 e. The molecule has 1 saturated heterocycles. The molecular formula is C17H22N8O. The third kappa shape index (κ3) is 2.89. The minimum absolute atomic E-state index is 0.0732. The molecule has 3 aromatic rings. The van der Waals surface area contributed by atoms with Gasteiger partial charge in [0.25, 0.3) is 5.91 Å². The van der Waals surface area contributed by atoms with E-state index >= 15 is 0 Å². The molecule has 1 amide bonds. The number of amides is 1. The lowest BCUT2D eigenvalue weighted by molar-refractivity contribution is 0.0923. The molecule has 136 valence electrons. The highest BCUT2D eigenvalue weighted by Crippen LogP contribution is 2.26. The topological polar surface area (TPSA) is 93.8 Å². The van der Waals surface area contributed by atoms with Crippen LogP contribution in [0.4, 0.5) is 5.82 Å². The third-order valence-corrected chi connectivity index (χ3v) is 4.86. The number of carbonyl (C=O) groups is 1. The zero-order valence-electron chi connectivity index (χ0n) is 15.2. The van der Waals surface area contributed by atoms with Crippen molar-refractivity contribution in [2.24, 2.45) is 14.1 Å². The highest BCUT2D eigenvalue weighted by molar-refractivity contribution is 5.92. The number of hydrogen-bond acceptors (Lipinski definition) is 6. The van der Waals surface area contributed by atoms with E-state index in [2.05, 4.69) is 30.3 Å². The van der Waals surface area contributed by atoms with E-state index in [1.165, 1.54) is 0 Å². The number of aryl methyl sites for hydroxylation is 3. The quantitative estimate of drug-likeness (QED) is 0.748. The molecular weight excluding hydrogens is 332 g/mol. The lowest BCUT2D eigenvalue weighted by Crippen LogP contribution is -2.45. The van der Waals surface area contributed by atoms with Crippen LogP contribution in [0.15, 0.2) is 18.7 Å². The van der Waals surface area contributed by atoms with Gasteiger partial charge in [-0.15, -0.1) is 0 Å². The molecule has 0 bridgehead atoms. The van der Waals surface area contributed by atoms with Gasteiger partial charge in [0.1, 0.15) is 17.3 Å². The van der Waals surface area contributed by atoms with E-state index in [1.54, 1.807) is 21.8 Å². The average molecular weight is 354 g/mol. The fourth-order valence-corrected chi connectivity index (χ4v) is 3.43. The molecule has 9 nitrogen and oxygen atoms in total. The van der Waals surface area contributed by atoms with Gasteiger partial charge in [0.15, 0.2) is 5.65 Å². The molecule has 0 radical (unpaired) electrons. The van der Waals surface area contributed by atoms with Crippen LogP contribution >= 0.6 is 0 Å². The second kappa shape index (κ2) is 6.40. The van der Waals surface area contributed by atoms with Crippen molar-refractivity contribution in [3.8, 4) is 0 Å². The van der Waals surface area contributed by atoms with Crippen molar-refractivity contribution in [1.29, 1.82) is 0 Å². The van der Waals surface area contributed by atoms with Gasteiger partial charge in [-0.3, -0.25) is 9.48 Å². The molecule has 0 aromatic carbocycles. The Morgan fingerprint density at radius 2 is 1.96 bits per heavy atom. The van der Waals surface area contributed by atoms with Crippen molar-refractivity contribution in [3.63, 3.8) is 0 Å². The number of anilines is 1. The molecule has 0 atom stereocenters. The first-order chi connectivity index (χ1) is 12.5. The fourth-order valence-electron chi connectivity index (χ4n) is 3.43. The van der Waals surface area contributed by atoms with Crippen LogP contribution in [0.2, 0.25) is 0 Å². The summed E-state index contributed by atoms with van der Waals surface area (Å²) in [6.45, 7) is 3.56. The predicted octanol–water partition coefficient (Wildman–Crippen LogP) is 0.804. The predicted molar refractivity (Wildman–Crippen MR) is 97.0 cm³/mol. The summed E-state index contributed by atoms with van der Waals surface area (Å²) in [5.74, 6) is 1.59. The molecule has 3 aromatic heterocycles.